The van der Waals surface area contributed by atoms with Gasteiger partial charge in [-0.25, -0.2) is 9.50 Å². The first kappa shape index (κ1) is 24.9. The smallest absolute Gasteiger partial charge is 0.364 e. The zero-order valence-corrected chi connectivity index (χ0v) is 21.6. The highest BCUT2D eigenvalue weighted by Crippen LogP contribution is 2.50. The molecule has 190 valence electrons. The molecule has 1 amide bonds. The molecule has 2 N–H and O–H groups in total. The number of carbonyl (C=O) groups is 1. The number of thioether (sulfide) groups is 1. The van der Waals surface area contributed by atoms with Crippen molar-refractivity contribution in [3.8, 4) is 11.8 Å². The van der Waals surface area contributed by atoms with Crippen LogP contribution >= 0.6 is 23.1 Å². The van der Waals surface area contributed by atoms with Crippen molar-refractivity contribution in [1.29, 1.82) is 0 Å². The number of alkyl halides is 3. The molecule has 2 saturated heterocycles. The highest BCUT2D eigenvalue weighted by molar-refractivity contribution is 8.00. The van der Waals surface area contributed by atoms with Crippen LogP contribution in [0.3, 0.4) is 0 Å². The van der Waals surface area contributed by atoms with Crippen LogP contribution in [0, 0.1) is 24.7 Å². The molecule has 1 saturated carbocycles. The summed E-state index contributed by atoms with van der Waals surface area (Å²) in [7, 11) is 2.13. The Morgan fingerprint density at radius 1 is 1.39 bits per heavy atom. The molecule has 3 aliphatic rings. The predicted octanol–water partition coefficient (Wildman–Crippen LogP) is 4.39. The molecule has 1 aliphatic carbocycles. The lowest BCUT2D eigenvalue weighted by Gasteiger charge is -2.62. The van der Waals surface area contributed by atoms with Gasteiger partial charge in [-0.05, 0) is 62.5 Å². The van der Waals surface area contributed by atoms with Crippen molar-refractivity contribution in [2.45, 2.75) is 48.7 Å². The first-order chi connectivity index (χ1) is 17.1. The van der Waals surface area contributed by atoms with E-state index in [1.165, 1.54) is 22.0 Å². The van der Waals surface area contributed by atoms with Gasteiger partial charge in [0.25, 0.3) is 5.91 Å². The molecule has 7 nitrogen and oxygen atoms in total. The number of anilines is 1. The molecule has 2 bridgehead atoms. The average molecular weight is 535 g/mol. The molecule has 6 rings (SSSR count). The van der Waals surface area contributed by atoms with E-state index in [9.17, 15) is 18.0 Å². The van der Waals surface area contributed by atoms with Crippen molar-refractivity contribution in [1.82, 2.24) is 24.8 Å². The molecule has 12 heteroatoms. The summed E-state index contributed by atoms with van der Waals surface area (Å²) in [6.45, 7) is 4.95. The van der Waals surface area contributed by atoms with Crippen LogP contribution in [0.2, 0.25) is 0 Å². The second kappa shape index (κ2) is 9.28. The van der Waals surface area contributed by atoms with Gasteiger partial charge in [-0.2, -0.15) is 18.3 Å². The summed E-state index contributed by atoms with van der Waals surface area (Å²) in [5, 5.41) is 11.5. The van der Waals surface area contributed by atoms with Crippen molar-refractivity contribution in [3.05, 3.63) is 40.0 Å². The number of carbonyl (C=O) groups excluding carboxylic acids is 1. The van der Waals surface area contributed by atoms with E-state index in [2.05, 4.69) is 51.4 Å². The zero-order valence-electron chi connectivity index (χ0n) is 19.9. The van der Waals surface area contributed by atoms with E-state index in [1.807, 2.05) is 6.07 Å². The third-order valence-corrected chi connectivity index (χ3v) is 8.84. The maximum Gasteiger partial charge on any atom is 0.446 e. The maximum atomic E-state index is 13.4. The van der Waals surface area contributed by atoms with Gasteiger partial charge in [0.05, 0.1) is 28.2 Å². The molecule has 5 heterocycles. The number of aromatic nitrogens is 3. The summed E-state index contributed by atoms with van der Waals surface area (Å²) in [5.41, 5.74) is -4.23. The van der Waals surface area contributed by atoms with Crippen LogP contribution < -0.4 is 10.6 Å². The minimum atomic E-state index is -4.50. The van der Waals surface area contributed by atoms with Crippen molar-refractivity contribution in [3.63, 3.8) is 0 Å². The van der Waals surface area contributed by atoms with Gasteiger partial charge in [0.1, 0.15) is 16.4 Å². The molecular weight excluding hydrogens is 509 g/mol. The lowest BCUT2D eigenvalue weighted by Crippen LogP contribution is -2.70. The third-order valence-electron chi connectivity index (χ3n) is 7.10. The normalized spacial score (nSPS) is 23.6. The Morgan fingerprint density at radius 3 is 2.86 bits per heavy atom. The highest BCUT2D eigenvalue weighted by Gasteiger charge is 2.56. The van der Waals surface area contributed by atoms with Crippen LogP contribution in [0.25, 0.3) is 5.52 Å². The summed E-state index contributed by atoms with van der Waals surface area (Å²) in [5.74, 6) is 6.21. The van der Waals surface area contributed by atoms with E-state index >= 15 is 0 Å². The second-order valence-corrected chi connectivity index (χ2v) is 11.5. The molecular formula is C24H25F3N6OS2. The second-order valence-electron chi connectivity index (χ2n) is 9.23. The van der Waals surface area contributed by atoms with Gasteiger partial charge in [0.2, 0.25) is 0 Å². The monoisotopic (exact) mass is 534 g/mol. The van der Waals surface area contributed by atoms with Gasteiger partial charge < -0.3 is 15.5 Å². The molecule has 0 spiro atoms. The zero-order chi connectivity index (χ0) is 25.7. The van der Waals surface area contributed by atoms with Crippen molar-refractivity contribution in [2.75, 3.05) is 25.5 Å². The number of fused-ring (bicyclic) bond motifs is 3. The Balaban J connectivity index is 1.41. The molecule has 1 unspecified atom stereocenters. The number of pyridine rings is 1. The molecule has 36 heavy (non-hydrogen) atoms. The molecule has 2 aliphatic heterocycles. The number of rotatable bonds is 5. The Hall–Kier alpha value is -2.75. The van der Waals surface area contributed by atoms with Crippen LogP contribution in [0.5, 0.6) is 0 Å². The fourth-order valence-electron chi connectivity index (χ4n) is 5.08. The molecule has 0 aromatic carbocycles. The Labute approximate surface area is 214 Å². The van der Waals surface area contributed by atoms with E-state index in [4.69, 9.17) is 0 Å². The van der Waals surface area contributed by atoms with E-state index in [1.54, 1.807) is 19.1 Å². The summed E-state index contributed by atoms with van der Waals surface area (Å²) >= 11 is 1.03. The average Bonchev–Trinajstić information content (AvgIpc) is 3.40. The van der Waals surface area contributed by atoms with Crippen LogP contribution in [-0.2, 0) is 0 Å². The van der Waals surface area contributed by atoms with Crippen molar-refractivity contribution >= 4 is 40.3 Å². The Morgan fingerprint density at radius 2 is 2.19 bits per heavy atom. The van der Waals surface area contributed by atoms with Crippen molar-refractivity contribution < 1.29 is 18.0 Å². The first-order valence-electron chi connectivity index (χ1n) is 11.5. The number of nitrogens with one attached hydrogen (secondary N) is 2. The summed E-state index contributed by atoms with van der Waals surface area (Å²) < 4.78 is 41.8. The molecule has 3 atom stereocenters. The summed E-state index contributed by atoms with van der Waals surface area (Å²) in [6.07, 6.45) is 3.42. The quantitative estimate of drug-likeness (QED) is 0.374. The fourth-order valence-corrected chi connectivity index (χ4v) is 6.45. The highest BCUT2D eigenvalue weighted by atomic mass is 32.2. The number of hydrogen-bond acceptors (Lipinski definition) is 7. The first-order valence-corrected chi connectivity index (χ1v) is 13.1. The number of piperidine rings is 2. The van der Waals surface area contributed by atoms with E-state index in [0.29, 0.717) is 28.2 Å². The standard InChI is InChI=1S/C24H25F3N6OS2/c1-14-18-12-23(14,9-11-32(18)3)30-20-8-4-7-17-21(36-24(25,26)27)16(31-33(17)20)6-5-10-28-22(34)19-13-29-15(2)35-19/h4,7-8,13-14,18,30H,9-12H2,1-3H3,(H,28,34)/t14-,18?,23-/m0/s1. The number of halogens is 3. The van der Waals surface area contributed by atoms with Gasteiger partial charge in [0.15, 0.2) is 0 Å². The Kier molecular flexibility index (Phi) is 6.43. The van der Waals surface area contributed by atoms with Gasteiger partial charge in [-0.15, -0.1) is 11.3 Å². The fraction of sp³-hybridized carbons (Fsp3) is 0.458. The van der Waals surface area contributed by atoms with Gasteiger partial charge in [0, 0.05) is 18.1 Å². The van der Waals surface area contributed by atoms with E-state index in [0.717, 1.165) is 24.4 Å². The minimum Gasteiger partial charge on any atom is -0.364 e. The van der Waals surface area contributed by atoms with Gasteiger partial charge in [-0.1, -0.05) is 18.9 Å². The number of aryl methyl sites for hydroxylation is 1. The van der Waals surface area contributed by atoms with E-state index in [-0.39, 0.29) is 40.3 Å². The predicted molar refractivity (Wildman–Crippen MR) is 134 cm³/mol. The Bertz CT molecular complexity index is 1370. The van der Waals surface area contributed by atoms with Crippen LogP contribution in [0.1, 0.15) is 40.1 Å². The maximum absolute atomic E-state index is 13.4. The lowest BCUT2D eigenvalue weighted by molar-refractivity contribution is -0.0389. The van der Waals surface area contributed by atoms with E-state index < -0.39 is 5.51 Å². The van der Waals surface area contributed by atoms with Gasteiger partial charge >= 0.3 is 5.51 Å². The summed E-state index contributed by atoms with van der Waals surface area (Å²) in [6, 6.07) is 5.69. The molecule has 3 aromatic rings. The van der Waals surface area contributed by atoms with Crippen LogP contribution in [0.4, 0.5) is 19.0 Å². The SMILES string of the molecule is Cc1ncc(C(=O)NCC#Cc2nn3c(N[C@@]45CCN(C)C(C4)[C@@H]5C)cccc3c2SC(F)(F)F)s1. The third kappa shape index (κ3) is 4.67. The number of hydrogen-bond donors (Lipinski definition) is 2. The number of amides is 1. The molecule has 3 aromatic heterocycles. The number of nitrogens with zero attached hydrogens (tertiary/aromatic N) is 4. The molecule has 3 fully saturated rings. The summed E-state index contributed by atoms with van der Waals surface area (Å²) in [4.78, 5) is 19.0. The largest absolute Gasteiger partial charge is 0.446 e. The topological polar surface area (TPSA) is 74.6 Å². The van der Waals surface area contributed by atoms with Crippen LogP contribution in [0.15, 0.2) is 29.3 Å². The van der Waals surface area contributed by atoms with Gasteiger partial charge in [-0.3, -0.25) is 4.79 Å². The number of thiazole rings is 1. The van der Waals surface area contributed by atoms with Crippen LogP contribution in [-0.4, -0.2) is 62.6 Å². The molecule has 0 radical (unpaired) electrons. The van der Waals surface area contributed by atoms with Crippen molar-refractivity contribution in [2.24, 2.45) is 5.92 Å². The minimum absolute atomic E-state index is 0.0230. The lowest BCUT2D eigenvalue weighted by atomic mass is 9.58.